The summed E-state index contributed by atoms with van der Waals surface area (Å²) < 4.78 is 41.5. The van der Waals surface area contributed by atoms with Crippen LogP contribution in [0.5, 0.6) is 0 Å². The molecule has 5 nitrogen and oxygen atoms in total. The van der Waals surface area contributed by atoms with Crippen LogP contribution in [0.2, 0.25) is 0 Å². The van der Waals surface area contributed by atoms with Crippen molar-refractivity contribution in [3.63, 3.8) is 0 Å². The second kappa shape index (κ2) is 7.31. The van der Waals surface area contributed by atoms with E-state index in [1.807, 2.05) is 19.0 Å². The van der Waals surface area contributed by atoms with Gasteiger partial charge in [-0.15, -0.1) is 0 Å². The average molecular weight is 339 g/mol. The minimum Gasteiger partial charge on any atom is -0.376 e. The van der Waals surface area contributed by atoms with Crippen molar-refractivity contribution in [1.82, 2.24) is 4.90 Å². The van der Waals surface area contributed by atoms with E-state index in [-0.39, 0.29) is 6.54 Å². The number of hydrogen-bond acceptors (Lipinski definition) is 4. The highest BCUT2D eigenvalue weighted by Gasteiger charge is 2.17. The van der Waals surface area contributed by atoms with Gasteiger partial charge in [0.2, 0.25) is 0 Å². The first-order chi connectivity index (χ1) is 11.3. The van der Waals surface area contributed by atoms with Crippen LogP contribution in [-0.4, -0.2) is 23.9 Å². The SMILES string of the molecule is CN(C)Cc1ccc(CNc2c(F)cc([N+](=O)[O-])cc2F)cc1F. The summed E-state index contributed by atoms with van der Waals surface area (Å²) in [6, 6.07) is 5.80. The highest BCUT2D eigenvalue weighted by atomic mass is 19.1. The molecule has 0 aliphatic heterocycles. The molecule has 0 aromatic heterocycles. The van der Waals surface area contributed by atoms with Gasteiger partial charge in [0.15, 0.2) is 11.6 Å². The number of nitrogens with zero attached hydrogens (tertiary/aromatic N) is 2. The summed E-state index contributed by atoms with van der Waals surface area (Å²) in [6.07, 6.45) is 0. The summed E-state index contributed by atoms with van der Waals surface area (Å²) in [6.45, 7) is 0.413. The Morgan fingerprint density at radius 2 is 1.71 bits per heavy atom. The number of nitrogens with one attached hydrogen (secondary N) is 1. The zero-order valence-corrected chi connectivity index (χ0v) is 13.1. The maximum Gasteiger partial charge on any atom is 0.275 e. The van der Waals surface area contributed by atoms with Crippen molar-refractivity contribution in [3.05, 3.63) is 69.0 Å². The summed E-state index contributed by atoms with van der Waals surface area (Å²) >= 11 is 0. The smallest absolute Gasteiger partial charge is 0.275 e. The van der Waals surface area contributed by atoms with Gasteiger partial charge >= 0.3 is 0 Å². The Balaban J connectivity index is 2.14. The number of anilines is 1. The maximum atomic E-state index is 14.0. The van der Waals surface area contributed by atoms with Crippen LogP contribution >= 0.6 is 0 Å². The van der Waals surface area contributed by atoms with Crippen LogP contribution in [0.4, 0.5) is 24.5 Å². The Labute approximate surface area is 136 Å². The molecule has 0 amide bonds. The molecule has 128 valence electrons. The summed E-state index contributed by atoms with van der Waals surface area (Å²) in [7, 11) is 3.63. The van der Waals surface area contributed by atoms with E-state index in [1.54, 1.807) is 12.1 Å². The van der Waals surface area contributed by atoms with E-state index in [1.165, 1.54) is 6.07 Å². The highest BCUT2D eigenvalue weighted by Crippen LogP contribution is 2.25. The molecular formula is C16H16F3N3O2. The molecular weight excluding hydrogens is 323 g/mol. The zero-order valence-electron chi connectivity index (χ0n) is 13.1. The molecule has 0 atom stereocenters. The number of non-ortho nitro benzene ring substituents is 1. The Morgan fingerprint density at radius 3 is 2.21 bits per heavy atom. The van der Waals surface area contributed by atoms with E-state index >= 15 is 0 Å². The van der Waals surface area contributed by atoms with Crippen LogP contribution in [0, 0.1) is 27.6 Å². The molecule has 0 unspecified atom stereocenters. The molecule has 2 aromatic carbocycles. The van der Waals surface area contributed by atoms with E-state index < -0.39 is 33.7 Å². The van der Waals surface area contributed by atoms with E-state index in [0.29, 0.717) is 29.8 Å². The first-order valence-corrected chi connectivity index (χ1v) is 7.07. The van der Waals surface area contributed by atoms with Gasteiger partial charge in [0.05, 0.1) is 17.1 Å². The van der Waals surface area contributed by atoms with Crippen LogP contribution in [0.15, 0.2) is 30.3 Å². The van der Waals surface area contributed by atoms with Gasteiger partial charge in [0.1, 0.15) is 11.5 Å². The minimum atomic E-state index is -1.08. The van der Waals surface area contributed by atoms with E-state index in [9.17, 15) is 23.3 Å². The zero-order chi connectivity index (χ0) is 17.9. The van der Waals surface area contributed by atoms with Crippen LogP contribution in [0.3, 0.4) is 0 Å². The standard InChI is InChI=1S/C16H16F3N3O2/c1-21(2)9-11-4-3-10(5-13(11)17)8-20-16-14(18)6-12(22(23)24)7-15(16)19/h3-7,20H,8-9H2,1-2H3. The molecule has 0 radical (unpaired) electrons. The summed E-state index contributed by atoms with van der Waals surface area (Å²) in [5.41, 5.74) is -0.156. The first kappa shape index (κ1) is 17.7. The van der Waals surface area contributed by atoms with Gasteiger partial charge in [0.25, 0.3) is 5.69 Å². The third-order valence-electron chi connectivity index (χ3n) is 3.31. The van der Waals surface area contributed by atoms with Gasteiger partial charge in [-0.3, -0.25) is 10.1 Å². The molecule has 24 heavy (non-hydrogen) atoms. The Hall–Kier alpha value is -2.61. The number of hydrogen-bond donors (Lipinski definition) is 1. The van der Waals surface area contributed by atoms with E-state index in [0.717, 1.165) is 0 Å². The summed E-state index contributed by atoms with van der Waals surface area (Å²) in [5.74, 6) is -2.56. The van der Waals surface area contributed by atoms with Crippen molar-refractivity contribution in [2.75, 3.05) is 19.4 Å². The highest BCUT2D eigenvalue weighted by molar-refractivity contribution is 5.52. The van der Waals surface area contributed by atoms with Crippen molar-refractivity contribution in [3.8, 4) is 0 Å². The van der Waals surface area contributed by atoms with Gasteiger partial charge in [-0.25, -0.2) is 13.2 Å². The normalized spacial score (nSPS) is 10.9. The third kappa shape index (κ3) is 4.23. The molecule has 0 saturated heterocycles. The second-order valence-corrected chi connectivity index (χ2v) is 5.56. The molecule has 1 N–H and O–H groups in total. The predicted molar refractivity (Wildman–Crippen MR) is 84.1 cm³/mol. The molecule has 2 aromatic rings. The van der Waals surface area contributed by atoms with Crippen LogP contribution in [0.1, 0.15) is 11.1 Å². The Morgan fingerprint density at radius 1 is 1.08 bits per heavy atom. The van der Waals surface area contributed by atoms with E-state index in [2.05, 4.69) is 5.32 Å². The largest absolute Gasteiger partial charge is 0.376 e. The van der Waals surface area contributed by atoms with Gasteiger partial charge in [-0.05, 0) is 25.7 Å². The van der Waals surface area contributed by atoms with Crippen LogP contribution in [0.25, 0.3) is 0 Å². The van der Waals surface area contributed by atoms with Crippen molar-refractivity contribution >= 4 is 11.4 Å². The molecule has 2 rings (SSSR count). The van der Waals surface area contributed by atoms with Crippen molar-refractivity contribution in [2.45, 2.75) is 13.1 Å². The third-order valence-corrected chi connectivity index (χ3v) is 3.31. The van der Waals surface area contributed by atoms with Crippen molar-refractivity contribution < 1.29 is 18.1 Å². The van der Waals surface area contributed by atoms with Crippen molar-refractivity contribution in [2.24, 2.45) is 0 Å². The molecule has 0 heterocycles. The lowest BCUT2D eigenvalue weighted by atomic mass is 10.1. The van der Waals surface area contributed by atoms with Crippen LogP contribution < -0.4 is 5.32 Å². The maximum absolute atomic E-state index is 14.0. The van der Waals surface area contributed by atoms with Gasteiger partial charge in [-0.1, -0.05) is 12.1 Å². The monoisotopic (exact) mass is 339 g/mol. The van der Waals surface area contributed by atoms with E-state index in [4.69, 9.17) is 0 Å². The fourth-order valence-corrected chi connectivity index (χ4v) is 2.19. The average Bonchev–Trinajstić information content (AvgIpc) is 2.48. The number of rotatable bonds is 6. The fraction of sp³-hybridized carbons (Fsp3) is 0.250. The quantitative estimate of drug-likeness (QED) is 0.644. The predicted octanol–water partition coefficient (Wildman–Crippen LogP) is 3.69. The lowest BCUT2D eigenvalue weighted by Crippen LogP contribution is -2.12. The van der Waals surface area contributed by atoms with Crippen molar-refractivity contribution in [1.29, 1.82) is 0 Å². The molecule has 0 bridgehead atoms. The number of halogens is 3. The topological polar surface area (TPSA) is 58.4 Å². The Kier molecular flexibility index (Phi) is 5.40. The molecule has 0 spiro atoms. The van der Waals surface area contributed by atoms with Gasteiger partial charge < -0.3 is 10.2 Å². The molecule has 8 heteroatoms. The fourth-order valence-electron chi connectivity index (χ4n) is 2.19. The van der Waals surface area contributed by atoms with Gasteiger partial charge in [0, 0.05) is 18.7 Å². The first-order valence-electron chi connectivity index (χ1n) is 7.07. The number of benzene rings is 2. The lowest BCUT2D eigenvalue weighted by molar-refractivity contribution is -0.385. The molecule has 0 fully saturated rings. The molecule has 0 aliphatic carbocycles. The number of nitro benzene ring substituents is 1. The summed E-state index contributed by atoms with van der Waals surface area (Å²) in [4.78, 5) is 11.5. The van der Waals surface area contributed by atoms with Gasteiger partial charge in [-0.2, -0.15) is 0 Å². The lowest BCUT2D eigenvalue weighted by Gasteiger charge is -2.12. The number of nitro groups is 1. The molecule has 0 saturated carbocycles. The molecule has 0 aliphatic rings. The minimum absolute atomic E-state index is 0.0230. The van der Waals surface area contributed by atoms with Crippen LogP contribution in [-0.2, 0) is 13.1 Å². The summed E-state index contributed by atoms with van der Waals surface area (Å²) in [5, 5.41) is 13.0. The Bertz CT molecular complexity index is 743. The second-order valence-electron chi connectivity index (χ2n) is 5.56.